The smallest absolute Gasteiger partial charge is 0.316 e. The lowest BCUT2D eigenvalue weighted by atomic mass is 9.82. The summed E-state index contributed by atoms with van der Waals surface area (Å²) in [7, 11) is 0. The summed E-state index contributed by atoms with van der Waals surface area (Å²) in [5, 5.41) is 12.0. The number of nitrogens with one attached hydrogen (secondary N) is 1. The van der Waals surface area contributed by atoms with Gasteiger partial charge in [-0.2, -0.15) is 0 Å². The highest BCUT2D eigenvalue weighted by Crippen LogP contribution is 2.29. The molecule has 1 amide bonds. The van der Waals surface area contributed by atoms with Crippen LogP contribution in [0.2, 0.25) is 0 Å². The van der Waals surface area contributed by atoms with E-state index < -0.39 is 17.8 Å². The number of carboxylic acid groups (broad SMARTS) is 1. The number of carboxylic acids is 1. The third kappa shape index (κ3) is 4.85. The van der Waals surface area contributed by atoms with Gasteiger partial charge in [0.05, 0.1) is 0 Å². The van der Waals surface area contributed by atoms with Crippen molar-refractivity contribution in [3.63, 3.8) is 0 Å². The number of aromatic nitrogens is 1. The van der Waals surface area contributed by atoms with Crippen LogP contribution < -0.4 is 5.32 Å². The van der Waals surface area contributed by atoms with Gasteiger partial charge in [-0.15, -0.1) is 0 Å². The third-order valence-electron chi connectivity index (χ3n) is 4.10. The van der Waals surface area contributed by atoms with Crippen LogP contribution in [0.5, 0.6) is 0 Å². The van der Waals surface area contributed by atoms with Crippen LogP contribution in [0, 0.1) is 11.8 Å². The molecule has 0 spiro atoms. The maximum absolute atomic E-state index is 12.1. The second-order valence-corrected chi connectivity index (χ2v) is 5.71. The van der Waals surface area contributed by atoms with Gasteiger partial charge in [0.15, 0.2) is 0 Å². The fraction of sp³-hybridized carbons (Fsp3) is 0.562. The Bertz CT molecular complexity index is 470. The van der Waals surface area contributed by atoms with E-state index in [1.165, 1.54) is 6.42 Å². The average Bonchev–Trinajstić information content (AvgIpc) is 2.52. The van der Waals surface area contributed by atoms with Crippen LogP contribution in [0.4, 0.5) is 0 Å². The van der Waals surface area contributed by atoms with Crippen LogP contribution >= 0.6 is 0 Å². The van der Waals surface area contributed by atoms with E-state index in [0.717, 1.165) is 31.2 Å². The number of amides is 1. The fourth-order valence-corrected chi connectivity index (χ4v) is 2.89. The molecule has 1 unspecified atom stereocenters. The van der Waals surface area contributed by atoms with E-state index in [1.807, 2.05) is 6.07 Å². The summed E-state index contributed by atoms with van der Waals surface area (Å²) in [6.07, 6.45) is 9.38. The van der Waals surface area contributed by atoms with Gasteiger partial charge in [-0.05, 0) is 24.0 Å². The summed E-state index contributed by atoms with van der Waals surface area (Å²) >= 11 is 0. The van der Waals surface area contributed by atoms with Crippen molar-refractivity contribution in [3.05, 3.63) is 30.1 Å². The van der Waals surface area contributed by atoms with Crippen molar-refractivity contribution in [1.29, 1.82) is 0 Å². The number of hydrogen-bond acceptors (Lipinski definition) is 3. The van der Waals surface area contributed by atoms with Crippen molar-refractivity contribution in [2.45, 2.75) is 45.1 Å². The standard InChI is InChI=1S/C16H22N2O3/c19-15(18-11-13-7-4-8-17-10-13)14(16(20)21)9-12-5-2-1-3-6-12/h4,7-8,10,12,14H,1-3,5-6,9,11H2,(H,18,19)(H,20,21). The van der Waals surface area contributed by atoms with E-state index in [0.29, 0.717) is 18.9 Å². The SMILES string of the molecule is O=C(O)C(CC1CCCCC1)C(=O)NCc1cccnc1. The topological polar surface area (TPSA) is 79.3 Å². The van der Waals surface area contributed by atoms with Crippen molar-refractivity contribution in [2.75, 3.05) is 0 Å². The van der Waals surface area contributed by atoms with Crippen molar-refractivity contribution in [2.24, 2.45) is 11.8 Å². The van der Waals surface area contributed by atoms with E-state index in [1.54, 1.807) is 18.5 Å². The van der Waals surface area contributed by atoms with Gasteiger partial charge in [0.1, 0.15) is 5.92 Å². The molecule has 1 aliphatic rings. The quantitative estimate of drug-likeness (QED) is 0.788. The van der Waals surface area contributed by atoms with Crippen molar-refractivity contribution < 1.29 is 14.7 Å². The van der Waals surface area contributed by atoms with Gasteiger partial charge in [-0.3, -0.25) is 14.6 Å². The lowest BCUT2D eigenvalue weighted by Gasteiger charge is -2.24. The van der Waals surface area contributed by atoms with Gasteiger partial charge in [0.25, 0.3) is 0 Å². The second-order valence-electron chi connectivity index (χ2n) is 5.71. The number of pyridine rings is 1. The molecule has 0 saturated heterocycles. The Kier molecular flexibility index (Phi) is 5.72. The molecule has 2 N–H and O–H groups in total. The lowest BCUT2D eigenvalue weighted by molar-refractivity contribution is -0.148. The first kappa shape index (κ1) is 15.5. The molecule has 0 aliphatic heterocycles. The minimum atomic E-state index is -1.02. The first-order valence-corrected chi connectivity index (χ1v) is 7.56. The molecule has 1 aliphatic carbocycles. The summed E-state index contributed by atoms with van der Waals surface area (Å²) in [5.74, 6) is -1.99. The zero-order valence-corrected chi connectivity index (χ0v) is 12.1. The van der Waals surface area contributed by atoms with Crippen LogP contribution in [0.15, 0.2) is 24.5 Å². The Morgan fingerprint density at radius 2 is 2.10 bits per heavy atom. The molecule has 0 radical (unpaired) electrons. The zero-order valence-electron chi connectivity index (χ0n) is 12.1. The normalized spacial score (nSPS) is 17.1. The minimum absolute atomic E-state index is 0.321. The van der Waals surface area contributed by atoms with E-state index in [-0.39, 0.29) is 0 Å². The second kappa shape index (κ2) is 7.76. The molecule has 1 aromatic heterocycles. The van der Waals surface area contributed by atoms with Gasteiger partial charge in [-0.25, -0.2) is 0 Å². The molecule has 0 aromatic carbocycles. The maximum Gasteiger partial charge on any atom is 0.316 e. The Morgan fingerprint density at radius 1 is 1.33 bits per heavy atom. The minimum Gasteiger partial charge on any atom is -0.481 e. The van der Waals surface area contributed by atoms with Crippen molar-refractivity contribution >= 4 is 11.9 Å². The number of carbonyl (C=O) groups is 2. The number of hydrogen-bond donors (Lipinski definition) is 2. The summed E-state index contributed by atoms with van der Waals surface area (Å²) in [4.78, 5) is 27.4. The third-order valence-corrected chi connectivity index (χ3v) is 4.10. The van der Waals surface area contributed by atoms with Crippen LogP contribution in [-0.4, -0.2) is 22.0 Å². The molecule has 5 nitrogen and oxygen atoms in total. The first-order chi connectivity index (χ1) is 10.2. The van der Waals surface area contributed by atoms with Gasteiger partial charge in [-0.1, -0.05) is 38.2 Å². The molecule has 1 heterocycles. The van der Waals surface area contributed by atoms with E-state index in [2.05, 4.69) is 10.3 Å². The molecule has 1 atom stereocenters. The van der Waals surface area contributed by atoms with Crippen LogP contribution in [-0.2, 0) is 16.1 Å². The van der Waals surface area contributed by atoms with Crippen LogP contribution in [0.3, 0.4) is 0 Å². The number of aliphatic carboxylic acids is 1. The number of rotatable bonds is 6. The first-order valence-electron chi connectivity index (χ1n) is 7.56. The lowest BCUT2D eigenvalue weighted by Crippen LogP contribution is -2.36. The average molecular weight is 290 g/mol. The highest BCUT2D eigenvalue weighted by Gasteiger charge is 2.29. The predicted molar refractivity (Wildman–Crippen MR) is 78.4 cm³/mol. The Hall–Kier alpha value is -1.91. The molecule has 1 fully saturated rings. The van der Waals surface area contributed by atoms with E-state index >= 15 is 0 Å². The molecule has 1 saturated carbocycles. The zero-order chi connectivity index (χ0) is 15.1. The predicted octanol–water partition coefficient (Wildman–Crippen LogP) is 2.37. The van der Waals surface area contributed by atoms with Gasteiger partial charge < -0.3 is 10.4 Å². The van der Waals surface area contributed by atoms with E-state index in [9.17, 15) is 14.7 Å². The Labute approximate surface area is 124 Å². The molecule has 0 bridgehead atoms. The molecular formula is C16H22N2O3. The summed E-state index contributed by atoms with van der Waals surface area (Å²) in [6, 6.07) is 3.64. The van der Waals surface area contributed by atoms with Gasteiger partial charge in [0.2, 0.25) is 5.91 Å². The Morgan fingerprint density at radius 3 is 2.71 bits per heavy atom. The maximum atomic E-state index is 12.1. The van der Waals surface area contributed by atoms with Gasteiger partial charge in [0, 0.05) is 18.9 Å². The molecule has 21 heavy (non-hydrogen) atoms. The van der Waals surface area contributed by atoms with Crippen LogP contribution in [0.25, 0.3) is 0 Å². The van der Waals surface area contributed by atoms with Crippen molar-refractivity contribution in [3.8, 4) is 0 Å². The molecule has 114 valence electrons. The number of nitrogens with zero attached hydrogens (tertiary/aromatic N) is 1. The Balaban J connectivity index is 1.87. The summed E-state index contributed by atoms with van der Waals surface area (Å²) < 4.78 is 0. The van der Waals surface area contributed by atoms with Crippen molar-refractivity contribution in [1.82, 2.24) is 10.3 Å². The highest BCUT2D eigenvalue weighted by molar-refractivity contribution is 5.96. The molecule has 1 aromatic rings. The largest absolute Gasteiger partial charge is 0.481 e. The van der Waals surface area contributed by atoms with E-state index in [4.69, 9.17) is 0 Å². The summed E-state index contributed by atoms with van der Waals surface area (Å²) in [6.45, 7) is 0.321. The molecule has 5 heteroatoms. The van der Waals surface area contributed by atoms with Crippen LogP contribution in [0.1, 0.15) is 44.1 Å². The molecular weight excluding hydrogens is 268 g/mol. The number of carbonyl (C=O) groups excluding carboxylic acids is 1. The molecule has 2 rings (SSSR count). The summed E-state index contributed by atoms with van der Waals surface area (Å²) in [5.41, 5.74) is 0.868. The fourth-order valence-electron chi connectivity index (χ4n) is 2.89. The monoisotopic (exact) mass is 290 g/mol. The highest BCUT2D eigenvalue weighted by atomic mass is 16.4. The van der Waals surface area contributed by atoms with Gasteiger partial charge >= 0.3 is 5.97 Å².